The molecule has 0 aliphatic carbocycles. The average Bonchev–Trinajstić information content (AvgIpc) is 2.15. The van der Waals surface area contributed by atoms with Gasteiger partial charge in [0.25, 0.3) is 0 Å². The number of hydrogen-bond donors (Lipinski definition) is 2. The third kappa shape index (κ3) is 3.95. The van der Waals surface area contributed by atoms with E-state index >= 15 is 0 Å². The molecule has 0 atom stereocenters. The summed E-state index contributed by atoms with van der Waals surface area (Å²) in [6.07, 6.45) is 4.24. The summed E-state index contributed by atoms with van der Waals surface area (Å²) >= 11 is 0. The molecule has 2 heteroatoms. The van der Waals surface area contributed by atoms with E-state index in [1.807, 2.05) is 12.1 Å². The normalized spacial score (nSPS) is 10.2. The van der Waals surface area contributed by atoms with Gasteiger partial charge < -0.3 is 10.8 Å². The minimum Gasteiger partial charge on any atom is -0.399 e. The predicted octanol–water partition coefficient (Wildman–Crippen LogP) is 1.97. The van der Waals surface area contributed by atoms with Crippen molar-refractivity contribution in [2.24, 2.45) is 0 Å². The van der Waals surface area contributed by atoms with Gasteiger partial charge in [-0.05, 0) is 37.0 Å². The van der Waals surface area contributed by atoms with Crippen LogP contribution in [0.25, 0.3) is 0 Å². The molecule has 0 spiro atoms. The molecule has 72 valence electrons. The van der Waals surface area contributed by atoms with E-state index in [0.717, 1.165) is 31.4 Å². The smallest absolute Gasteiger partial charge is 0.0431 e. The second kappa shape index (κ2) is 5.60. The fourth-order valence-corrected chi connectivity index (χ4v) is 1.30. The summed E-state index contributed by atoms with van der Waals surface area (Å²) in [6.45, 7) is 0.307. The Kier molecular flexibility index (Phi) is 4.33. The summed E-state index contributed by atoms with van der Waals surface area (Å²) < 4.78 is 0. The van der Waals surface area contributed by atoms with Crippen LogP contribution in [0.2, 0.25) is 0 Å². The Morgan fingerprint density at radius 1 is 1.00 bits per heavy atom. The van der Waals surface area contributed by atoms with Crippen molar-refractivity contribution in [3.63, 3.8) is 0 Å². The highest BCUT2D eigenvalue weighted by Gasteiger charge is 1.92. The monoisotopic (exact) mass is 179 g/mol. The van der Waals surface area contributed by atoms with Gasteiger partial charge in [-0.2, -0.15) is 0 Å². The first kappa shape index (κ1) is 10.1. The molecule has 0 heterocycles. The predicted molar refractivity (Wildman–Crippen MR) is 55.5 cm³/mol. The van der Waals surface area contributed by atoms with Crippen molar-refractivity contribution in [3.8, 4) is 0 Å². The van der Waals surface area contributed by atoms with Crippen LogP contribution in [-0.4, -0.2) is 11.7 Å². The minimum atomic E-state index is 0.307. The molecule has 0 bridgehead atoms. The lowest BCUT2D eigenvalue weighted by molar-refractivity contribution is 0.283. The number of anilines is 1. The Hall–Kier alpha value is -1.02. The highest BCUT2D eigenvalue weighted by Crippen LogP contribution is 2.09. The number of rotatable bonds is 5. The first-order valence-electron chi connectivity index (χ1n) is 4.78. The number of aliphatic hydroxyl groups is 1. The number of hydrogen-bond acceptors (Lipinski definition) is 2. The Labute approximate surface area is 79.4 Å². The van der Waals surface area contributed by atoms with E-state index in [9.17, 15) is 0 Å². The number of aliphatic hydroxyl groups excluding tert-OH is 1. The maximum Gasteiger partial charge on any atom is 0.0431 e. The molecule has 0 saturated heterocycles. The van der Waals surface area contributed by atoms with Gasteiger partial charge in [0.15, 0.2) is 0 Å². The van der Waals surface area contributed by atoms with Crippen molar-refractivity contribution < 1.29 is 5.11 Å². The number of unbranched alkanes of at least 4 members (excludes halogenated alkanes) is 2. The third-order valence-corrected chi connectivity index (χ3v) is 2.10. The van der Waals surface area contributed by atoms with E-state index < -0.39 is 0 Å². The molecule has 0 aliphatic rings. The van der Waals surface area contributed by atoms with Gasteiger partial charge in [-0.3, -0.25) is 0 Å². The molecule has 0 fully saturated rings. The van der Waals surface area contributed by atoms with E-state index in [-0.39, 0.29) is 0 Å². The number of nitrogens with two attached hydrogens (primary N) is 1. The van der Waals surface area contributed by atoms with Gasteiger partial charge in [0.1, 0.15) is 0 Å². The minimum absolute atomic E-state index is 0.307. The number of aryl methyl sites for hydroxylation is 1. The van der Waals surface area contributed by atoms with Crippen LogP contribution in [0.5, 0.6) is 0 Å². The van der Waals surface area contributed by atoms with Crippen LogP contribution in [0.1, 0.15) is 24.8 Å². The van der Waals surface area contributed by atoms with E-state index in [0.29, 0.717) is 6.61 Å². The van der Waals surface area contributed by atoms with Gasteiger partial charge in [0.05, 0.1) is 0 Å². The van der Waals surface area contributed by atoms with Crippen LogP contribution >= 0.6 is 0 Å². The van der Waals surface area contributed by atoms with Gasteiger partial charge in [-0.1, -0.05) is 18.6 Å². The van der Waals surface area contributed by atoms with Gasteiger partial charge in [-0.25, -0.2) is 0 Å². The average molecular weight is 179 g/mol. The zero-order chi connectivity index (χ0) is 9.52. The molecule has 1 aromatic carbocycles. The summed E-state index contributed by atoms with van der Waals surface area (Å²) in [5, 5.41) is 8.58. The molecule has 1 aromatic rings. The van der Waals surface area contributed by atoms with E-state index in [1.165, 1.54) is 5.56 Å². The maximum absolute atomic E-state index is 8.58. The summed E-state index contributed by atoms with van der Waals surface area (Å²) in [7, 11) is 0. The summed E-state index contributed by atoms with van der Waals surface area (Å²) in [5.74, 6) is 0. The SMILES string of the molecule is Nc1ccc(CCCCCO)cc1. The molecule has 1 rings (SSSR count). The fourth-order valence-electron chi connectivity index (χ4n) is 1.30. The largest absolute Gasteiger partial charge is 0.399 e. The first-order chi connectivity index (χ1) is 6.33. The molecular weight excluding hydrogens is 162 g/mol. The van der Waals surface area contributed by atoms with Gasteiger partial charge in [0, 0.05) is 12.3 Å². The molecular formula is C11H17NO. The lowest BCUT2D eigenvalue weighted by atomic mass is 10.1. The van der Waals surface area contributed by atoms with Crippen molar-refractivity contribution in [1.82, 2.24) is 0 Å². The lowest BCUT2D eigenvalue weighted by Crippen LogP contribution is -1.89. The van der Waals surface area contributed by atoms with Crippen molar-refractivity contribution in [2.75, 3.05) is 12.3 Å². The van der Waals surface area contributed by atoms with Gasteiger partial charge >= 0.3 is 0 Å². The highest BCUT2D eigenvalue weighted by atomic mass is 16.2. The van der Waals surface area contributed by atoms with E-state index in [2.05, 4.69) is 12.1 Å². The Morgan fingerprint density at radius 2 is 1.69 bits per heavy atom. The zero-order valence-electron chi connectivity index (χ0n) is 7.87. The number of nitrogen functional groups attached to an aromatic ring is 1. The molecule has 0 aliphatic heterocycles. The summed E-state index contributed by atoms with van der Waals surface area (Å²) in [4.78, 5) is 0. The maximum atomic E-state index is 8.58. The molecule has 0 radical (unpaired) electrons. The molecule has 0 unspecified atom stereocenters. The second-order valence-corrected chi connectivity index (χ2v) is 3.28. The first-order valence-corrected chi connectivity index (χ1v) is 4.78. The van der Waals surface area contributed by atoms with Crippen molar-refractivity contribution in [2.45, 2.75) is 25.7 Å². The lowest BCUT2D eigenvalue weighted by Gasteiger charge is -2.01. The summed E-state index contributed by atoms with van der Waals surface area (Å²) in [5.41, 5.74) is 7.71. The van der Waals surface area contributed by atoms with Crippen LogP contribution < -0.4 is 5.73 Å². The Bertz CT molecular complexity index is 230. The van der Waals surface area contributed by atoms with Crippen LogP contribution in [0, 0.1) is 0 Å². The van der Waals surface area contributed by atoms with Crippen molar-refractivity contribution in [3.05, 3.63) is 29.8 Å². The highest BCUT2D eigenvalue weighted by molar-refractivity contribution is 5.39. The van der Waals surface area contributed by atoms with Gasteiger partial charge in [-0.15, -0.1) is 0 Å². The Morgan fingerprint density at radius 3 is 2.31 bits per heavy atom. The molecule has 0 saturated carbocycles. The number of benzene rings is 1. The quantitative estimate of drug-likeness (QED) is 0.536. The van der Waals surface area contributed by atoms with Crippen LogP contribution in [0.4, 0.5) is 5.69 Å². The fraction of sp³-hybridized carbons (Fsp3) is 0.455. The van der Waals surface area contributed by atoms with Crippen LogP contribution in [-0.2, 0) is 6.42 Å². The van der Waals surface area contributed by atoms with Crippen LogP contribution in [0.15, 0.2) is 24.3 Å². The topological polar surface area (TPSA) is 46.2 Å². The van der Waals surface area contributed by atoms with Crippen molar-refractivity contribution in [1.29, 1.82) is 0 Å². The van der Waals surface area contributed by atoms with Crippen LogP contribution in [0.3, 0.4) is 0 Å². The molecule has 0 aromatic heterocycles. The van der Waals surface area contributed by atoms with E-state index in [4.69, 9.17) is 10.8 Å². The summed E-state index contributed by atoms with van der Waals surface area (Å²) in [6, 6.07) is 7.99. The molecule has 3 N–H and O–H groups in total. The van der Waals surface area contributed by atoms with E-state index in [1.54, 1.807) is 0 Å². The van der Waals surface area contributed by atoms with Crippen molar-refractivity contribution >= 4 is 5.69 Å². The second-order valence-electron chi connectivity index (χ2n) is 3.28. The van der Waals surface area contributed by atoms with Gasteiger partial charge in [0.2, 0.25) is 0 Å². The molecule has 2 nitrogen and oxygen atoms in total. The zero-order valence-corrected chi connectivity index (χ0v) is 7.87. The molecule has 0 amide bonds. The third-order valence-electron chi connectivity index (χ3n) is 2.10. The standard InChI is InChI=1S/C11H17NO/c12-11-7-5-10(6-8-11)4-2-1-3-9-13/h5-8,13H,1-4,9,12H2. The Balaban J connectivity index is 2.25. The molecule has 13 heavy (non-hydrogen) atoms.